The number of esters is 1. The summed E-state index contributed by atoms with van der Waals surface area (Å²) in [6.07, 6.45) is 2.37. The highest BCUT2D eigenvalue weighted by Crippen LogP contribution is 2.33. The van der Waals surface area contributed by atoms with E-state index in [1.165, 1.54) is 12.1 Å². The quantitative estimate of drug-likeness (QED) is 0.549. The number of hydrogen-bond donors (Lipinski definition) is 3. The molecule has 0 saturated heterocycles. The third-order valence-corrected chi connectivity index (χ3v) is 4.49. The Morgan fingerprint density at radius 3 is 2.44 bits per heavy atom. The van der Waals surface area contributed by atoms with Crippen molar-refractivity contribution in [1.82, 2.24) is 0 Å². The van der Waals surface area contributed by atoms with Gasteiger partial charge in [-0.05, 0) is 55.2 Å². The maximum Gasteiger partial charge on any atom is 0.374 e. The summed E-state index contributed by atoms with van der Waals surface area (Å²) in [6.45, 7) is 3.99. The first-order valence-electron chi connectivity index (χ1n) is 8.73. The highest BCUT2D eigenvalue weighted by Gasteiger charge is 2.35. The van der Waals surface area contributed by atoms with Crippen LogP contribution in [-0.2, 0) is 22.4 Å². The molecule has 0 unspecified atom stereocenters. The fourth-order valence-corrected chi connectivity index (χ4v) is 3.07. The summed E-state index contributed by atoms with van der Waals surface area (Å²) < 4.78 is 5.34. The third kappa shape index (κ3) is 4.14. The number of benzene rings is 2. The van der Waals surface area contributed by atoms with Gasteiger partial charge in [-0.2, -0.15) is 0 Å². The summed E-state index contributed by atoms with van der Waals surface area (Å²) in [4.78, 5) is 11.9. The van der Waals surface area contributed by atoms with Gasteiger partial charge in [0.2, 0.25) is 5.76 Å². The van der Waals surface area contributed by atoms with E-state index in [0.29, 0.717) is 24.0 Å². The van der Waals surface area contributed by atoms with Crippen LogP contribution >= 0.6 is 0 Å². The number of carbonyl (C=O) groups is 1. The molecule has 0 saturated carbocycles. The standard InChI is InChI=1S/C22H22O5/c1-13(2)3-5-16-11-14(4-10-18(16)24)12-19-20(21(25)22(26)27-19)15-6-8-17(23)9-7-15/h3-4,6-11,19,23-25H,5,12H2,1-2H3/t19-/m1/s1. The van der Waals surface area contributed by atoms with Crippen LogP contribution in [0.3, 0.4) is 0 Å². The van der Waals surface area contributed by atoms with Crippen molar-refractivity contribution in [3.8, 4) is 11.5 Å². The lowest BCUT2D eigenvalue weighted by atomic mass is 9.94. The van der Waals surface area contributed by atoms with E-state index in [4.69, 9.17) is 4.74 Å². The number of phenolic OH excluding ortho intramolecular Hbond substituents is 2. The second kappa shape index (κ2) is 7.58. The number of hydrogen-bond acceptors (Lipinski definition) is 5. The highest BCUT2D eigenvalue weighted by atomic mass is 16.6. The van der Waals surface area contributed by atoms with Crippen LogP contribution in [0.15, 0.2) is 59.9 Å². The van der Waals surface area contributed by atoms with Gasteiger partial charge in [0.15, 0.2) is 0 Å². The average Bonchev–Trinajstić information content (AvgIpc) is 2.90. The predicted octanol–water partition coefficient (Wildman–Crippen LogP) is 4.04. The lowest BCUT2D eigenvalue weighted by Crippen LogP contribution is -2.15. The summed E-state index contributed by atoms with van der Waals surface area (Å²) >= 11 is 0. The van der Waals surface area contributed by atoms with Gasteiger partial charge in [-0.15, -0.1) is 0 Å². The van der Waals surface area contributed by atoms with Gasteiger partial charge in [-0.25, -0.2) is 4.79 Å². The number of allylic oxidation sites excluding steroid dienone is 2. The number of ether oxygens (including phenoxy) is 1. The molecule has 3 rings (SSSR count). The van der Waals surface area contributed by atoms with Crippen molar-refractivity contribution in [3.63, 3.8) is 0 Å². The van der Waals surface area contributed by atoms with E-state index in [0.717, 1.165) is 16.7 Å². The van der Waals surface area contributed by atoms with E-state index < -0.39 is 17.8 Å². The fourth-order valence-electron chi connectivity index (χ4n) is 3.07. The van der Waals surface area contributed by atoms with Crippen molar-refractivity contribution in [2.45, 2.75) is 32.8 Å². The molecular weight excluding hydrogens is 344 g/mol. The molecule has 0 aromatic heterocycles. The Kier molecular flexibility index (Phi) is 5.21. The predicted molar refractivity (Wildman–Crippen MR) is 102 cm³/mol. The van der Waals surface area contributed by atoms with Gasteiger partial charge < -0.3 is 20.1 Å². The molecule has 5 heteroatoms. The first-order chi connectivity index (χ1) is 12.8. The topological polar surface area (TPSA) is 87.0 Å². The monoisotopic (exact) mass is 366 g/mol. The number of carbonyl (C=O) groups excluding carboxylic acids is 1. The van der Waals surface area contributed by atoms with Crippen LogP contribution in [0.25, 0.3) is 5.57 Å². The van der Waals surface area contributed by atoms with Crippen LogP contribution in [0.4, 0.5) is 0 Å². The molecule has 1 aliphatic heterocycles. The molecule has 1 heterocycles. The molecule has 3 N–H and O–H groups in total. The molecule has 0 fully saturated rings. The zero-order valence-corrected chi connectivity index (χ0v) is 15.3. The van der Waals surface area contributed by atoms with Crippen molar-refractivity contribution in [1.29, 1.82) is 0 Å². The maximum atomic E-state index is 11.9. The van der Waals surface area contributed by atoms with Crippen LogP contribution in [0, 0.1) is 0 Å². The van der Waals surface area contributed by atoms with Crippen molar-refractivity contribution in [2.75, 3.05) is 0 Å². The molecule has 0 radical (unpaired) electrons. The van der Waals surface area contributed by atoms with E-state index >= 15 is 0 Å². The van der Waals surface area contributed by atoms with Crippen LogP contribution in [0.2, 0.25) is 0 Å². The molecule has 0 aliphatic carbocycles. The van der Waals surface area contributed by atoms with E-state index in [-0.39, 0.29) is 11.5 Å². The Labute approximate surface area is 157 Å². The minimum absolute atomic E-state index is 0.100. The van der Waals surface area contributed by atoms with Crippen molar-refractivity contribution in [2.24, 2.45) is 0 Å². The molecule has 1 atom stereocenters. The zero-order valence-electron chi connectivity index (χ0n) is 15.3. The smallest absolute Gasteiger partial charge is 0.374 e. The van der Waals surface area contributed by atoms with Crippen LogP contribution < -0.4 is 0 Å². The largest absolute Gasteiger partial charge is 0.508 e. The maximum absolute atomic E-state index is 11.9. The molecule has 27 heavy (non-hydrogen) atoms. The van der Waals surface area contributed by atoms with Gasteiger partial charge in [-0.1, -0.05) is 35.9 Å². The Bertz CT molecular complexity index is 918. The molecule has 5 nitrogen and oxygen atoms in total. The fraction of sp³-hybridized carbons (Fsp3) is 0.227. The molecule has 2 aromatic rings. The van der Waals surface area contributed by atoms with Crippen LogP contribution in [0.1, 0.15) is 30.5 Å². The Morgan fingerprint density at radius 1 is 1.07 bits per heavy atom. The number of aliphatic hydroxyl groups excluding tert-OH is 1. The molecule has 140 valence electrons. The van der Waals surface area contributed by atoms with E-state index in [1.807, 2.05) is 26.0 Å². The Balaban J connectivity index is 1.88. The van der Waals surface area contributed by atoms with Crippen LogP contribution in [-0.4, -0.2) is 27.4 Å². The lowest BCUT2D eigenvalue weighted by Gasteiger charge is -2.15. The first-order valence-corrected chi connectivity index (χ1v) is 8.73. The second-order valence-electron chi connectivity index (χ2n) is 6.86. The molecule has 0 amide bonds. The van der Waals surface area contributed by atoms with Gasteiger partial charge in [-0.3, -0.25) is 0 Å². The molecule has 2 aromatic carbocycles. The summed E-state index contributed by atoms with van der Waals surface area (Å²) in [5, 5.41) is 29.7. The van der Waals surface area contributed by atoms with Crippen molar-refractivity contribution < 1.29 is 24.9 Å². The number of aromatic hydroxyl groups is 2. The van der Waals surface area contributed by atoms with Crippen molar-refractivity contribution >= 4 is 11.5 Å². The van der Waals surface area contributed by atoms with Gasteiger partial charge in [0.1, 0.15) is 17.6 Å². The Hall–Kier alpha value is -3.21. The van der Waals surface area contributed by atoms with E-state index in [1.54, 1.807) is 24.3 Å². The number of phenols is 2. The normalized spacial score (nSPS) is 16.4. The minimum Gasteiger partial charge on any atom is -0.508 e. The summed E-state index contributed by atoms with van der Waals surface area (Å²) in [7, 11) is 0. The molecule has 0 bridgehead atoms. The summed E-state index contributed by atoms with van der Waals surface area (Å²) in [6, 6.07) is 11.5. The minimum atomic E-state index is -0.758. The number of aliphatic hydroxyl groups is 1. The summed E-state index contributed by atoms with van der Waals surface area (Å²) in [5.74, 6) is -0.847. The van der Waals surface area contributed by atoms with Crippen molar-refractivity contribution in [3.05, 3.63) is 76.6 Å². The average molecular weight is 366 g/mol. The lowest BCUT2D eigenvalue weighted by molar-refractivity contribution is -0.141. The van der Waals surface area contributed by atoms with Crippen LogP contribution in [0.5, 0.6) is 11.5 Å². The third-order valence-electron chi connectivity index (χ3n) is 4.49. The van der Waals surface area contributed by atoms with Gasteiger partial charge >= 0.3 is 5.97 Å². The van der Waals surface area contributed by atoms with Gasteiger partial charge in [0.25, 0.3) is 0 Å². The Morgan fingerprint density at radius 2 is 1.78 bits per heavy atom. The molecular formula is C22H22O5. The van der Waals surface area contributed by atoms with Gasteiger partial charge in [0.05, 0.1) is 0 Å². The number of cyclic esters (lactones) is 1. The first kappa shape index (κ1) is 18.6. The second-order valence-corrected chi connectivity index (χ2v) is 6.86. The van der Waals surface area contributed by atoms with E-state index in [2.05, 4.69) is 0 Å². The molecule has 0 spiro atoms. The summed E-state index contributed by atoms with van der Waals surface area (Å²) in [5.41, 5.74) is 3.85. The van der Waals surface area contributed by atoms with E-state index in [9.17, 15) is 20.1 Å². The number of rotatable bonds is 5. The van der Waals surface area contributed by atoms with Gasteiger partial charge in [0, 0.05) is 12.0 Å². The SMILES string of the molecule is CC(C)=CCc1cc(C[C@H]2OC(=O)C(O)=C2c2ccc(O)cc2)ccc1O. The zero-order chi connectivity index (χ0) is 19.6. The highest BCUT2D eigenvalue weighted by molar-refractivity contribution is 6.00. The molecule has 1 aliphatic rings.